The quantitative estimate of drug-likeness (QED) is 0.856. The zero-order valence-electron chi connectivity index (χ0n) is 13.2. The van der Waals surface area contributed by atoms with Gasteiger partial charge in [0.2, 0.25) is 5.91 Å². The molecule has 120 valence electrons. The van der Waals surface area contributed by atoms with Crippen molar-refractivity contribution in [3.05, 3.63) is 35.9 Å². The standard InChI is InChI=1S/C18H25NO3/c1-21-17-7-10-19(18(20)15-8-11-22-12-9-15)16(17)13-14-5-3-2-4-6-14/h2-6,15-17H,7-13H2,1H3/t16-,17-/m1/s1. The van der Waals surface area contributed by atoms with E-state index in [0.29, 0.717) is 19.1 Å². The summed E-state index contributed by atoms with van der Waals surface area (Å²) in [4.78, 5) is 14.9. The van der Waals surface area contributed by atoms with Crippen LogP contribution in [-0.2, 0) is 20.7 Å². The molecule has 0 spiro atoms. The molecule has 2 aliphatic heterocycles. The van der Waals surface area contributed by atoms with Crippen LogP contribution in [0.4, 0.5) is 0 Å². The maximum Gasteiger partial charge on any atom is 0.226 e. The van der Waals surface area contributed by atoms with Crippen LogP contribution < -0.4 is 0 Å². The average Bonchev–Trinajstić information content (AvgIpc) is 2.98. The number of likely N-dealkylation sites (tertiary alicyclic amines) is 1. The molecule has 3 rings (SSSR count). The van der Waals surface area contributed by atoms with E-state index in [1.807, 2.05) is 6.07 Å². The van der Waals surface area contributed by atoms with Gasteiger partial charge in [-0.25, -0.2) is 0 Å². The van der Waals surface area contributed by atoms with Crippen LogP contribution in [0.1, 0.15) is 24.8 Å². The van der Waals surface area contributed by atoms with E-state index in [0.717, 1.165) is 32.2 Å². The molecule has 0 bridgehead atoms. The van der Waals surface area contributed by atoms with E-state index in [9.17, 15) is 4.79 Å². The predicted molar refractivity (Wildman–Crippen MR) is 84.6 cm³/mol. The van der Waals surface area contributed by atoms with Gasteiger partial charge in [-0.05, 0) is 31.2 Å². The molecule has 0 aromatic heterocycles. The molecule has 1 amide bonds. The van der Waals surface area contributed by atoms with Crippen LogP contribution in [0.5, 0.6) is 0 Å². The monoisotopic (exact) mass is 303 g/mol. The maximum atomic E-state index is 12.9. The Balaban J connectivity index is 1.72. The fourth-order valence-corrected chi connectivity index (χ4v) is 3.65. The predicted octanol–water partition coefficient (Wildman–Crippen LogP) is 2.27. The van der Waals surface area contributed by atoms with Gasteiger partial charge < -0.3 is 14.4 Å². The highest BCUT2D eigenvalue weighted by atomic mass is 16.5. The van der Waals surface area contributed by atoms with E-state index in [-0.39, 0.29) is 18.1 Å². The maximum absolute atomic E-state index is 12.9. The molecule has 0 aliphatic carbocycles. The van der Waals surface area contributed by atoms with Gasteiger partial charge in [-0.15, -0.1) is 0 Å². The van der Waals surface area contributed by atoms with Gasteiger partial charge >= 0.3 is 0 Å². The molecule has 4 nitrogen and oxygen atoms in total. The summed E-state index contributed by atoms with van der Waals surface area (Å²) in [5.41, 5.74) is 1.27. The molecule has 22 heavy (non-hydrogen) atoms. The first-order valence-corrected chi connectivity index (χ1v) is 8.24. The second-order valence-electron chi connectivity index (χ2n) is 6.24. The molecule has 2 heterocycles. The van der Waals surface area contributed by atoms with Crippen molar-refractivity contribution in [1.29, 1.82) is 0 Å². The minimum Gasteiger partial charge on any atom is -0.381 e. The van der Waals surface area contributed by atoms with Crippen LogP contribution in [0, 0.1) is 5.92 Å². The average molecular weight is 303 g/mol. The van der Waals surface area contributed by atoms with Crippen LogP contribution in [0.3, 0.4) is 0 Å². The number of carbonyl (C=O) groups excluding carboxylic acids is 1. The van der Waals surface area contributed by atoms with E-state index in [2.05, 4.69) is 29.2 Å². The number of ether oxygens (including phenoxy) is 2. The van der Waals surface area contributed by atoms with Crippen LogP contribution >= 0.6 is 0 Å². The minimum atomic E-state index is 0.127. The van der Waals surface area contributed by atoms with Crippen LogP contribution in [-0.4, -0.2) is 49.8 Å². The van der Waals surface area contributed by atoms with E-state index >= 15 is 0 Å². The highest BCUT2D eigenvalue weighted by Crippen LogP contribution is 2.28. The second kappa shape index (κ2) is 7.25. The number of carbonyl (C=O) groups is 1. The third kappa shape index (κ3) is 3.33. The lowest BCUT2D eigenvalue weighted by atomic mass is 9.96. The summed E-state index contributed by atoms with van der Waals surface area (Å²) in [5, 5.41) is 0. The molecule has 0 N–H and O–H groups in total. The first-order valence-electron chi connectivity index (χ1n) is 8.24. The molecular formula is C18H25NO3. The number of hydrogen-bond acceptors (Lipinski definition) is 3. The normalized spacial score (nSPS) is 26.3. The van der Waals surface area contributed by atoms with Crippen LogP contribution in [0.25, 0.3) is 0 Å². The lowest BCUT2D eigenvalue weighted by molar-refractivity contribution is -0.140. The van der Waals surface area contributed by atoms with E-state index < -0.39 is 0 Å². The molecule has 2 aliphatic rings. The molecule has 0 saturated carbocycles. The van der Waals surface area contributed by atoms with Crippen molar-refractivity contribution in [2.24, 2.45) is 5.92 Å². The Labute approximate surface area is 132 Å². The third-order valence-electron chi connectivity index (χ3n) is 4.93. The fourth-order valence-electron chi connectivity index (χ4n) is 3.65. The molecule has 4 heteroatoms. The molecule has 0 unspecified atom stereocenters. The highest BCUT2D eigenvalue weighted by molar-refractivity contribution is 5.79. The van der Waals surface area contributed by atoms with Crippen molar-refractivity contribution >= 4 is 5.91 Å². The summed E-state index contributed by atoms with van der Waals surface area (Å²) < 4.78 is 11.0. The van der Waals surface area contributed by atoms with Crippen molar-refractivity contribution < 1.29 is 14.3 Å². The van der Waals surface area contributed by atoms with Gasteiger partial charge in [0.15, 0.2) is 0 Å². The van der Waals surface area contributed by atoms with Gasteiger partial charge in [-0.2, -0.15) is 0 Å². The number of hydrogen-bond donors (Lipinski definition) is 0. The van der Waals surface area contributed by atoms with Gasteiger partial charge in [-0.1, -0.05) is 30.3 Å². The topological polar surface area (TPSA) is 38.8 Å². The highest BCUT2D eigenvalue weighted by Gasteiger charge is 2.39. The Morgan fingerprint density at radius 3 is 2.64 bits per heavy atom. The third-order valence-corrected chi connectivity index (χ3v) is 4.93. The zero-order valence-corrected chi connectivity index (χ0v) is 13.2. The summed E-state index contributed by atoms with van der Waals surface area (Å²) in [6.07, 6.45) is 3.65. The largest absolute Gasteiger partial charge is 0.381 e. The summed E-state index contributed by atoms with van der Waals surface area (Å²) >= 11 is 0. The fraction of sp³-hybridized carbons (Fsp3) is 0.611. The summed E-state index contributed by atoms with van der Waals surface area (Å²) in [6, 6.07) is 10.5. The number of rotatable bonds is 4. The van der Waals surface area contributed by atoms with Crippen LogP contribution in [0.15, 0.2) is 30.3 Å². The van der Waals surface area contributed by atoms with Gasteiger partial charge in [-0.3, -0.25) is 4.79 Å². The first kappa shape index (κ1) is 15.5. The van der Waals surface area contributed by atoms with Crippen molar-refractivity contribution in [2.45, 2.75) is 37.8 Å². The van der Waals surface area contributed by atoms with Gasteiger partial charge in [0.05, 0.1) is 12.1 Å². The number of benzene rings is 1. The summed E-state index contributed by atoms with van der Waals surface area (Å²) in [7, 11) is 1.76. The van der Waals surface area contributed by atoms with E-state index in [1.165, 1.54) is 5.56 Å². The lowest BCUT2D eigenvalue weighted by Crippen LogP contribution is -2.45. The molecule has 2 saturated heterocycles. The minimum absolute atomic E-state index is 0.127. The van der Waals surface area contributed by atoms with Crippen molar-refractivity contribution in [2.75, 3.05) is 26.9 Å². The Bertz CT molecular complexity index is 484. The second-order valence-corrected chi connectivity index (χ2v) is 6.24. The molecule has 1 aromatic rings. The van der Waals surface area contributed by atoms with Crippen molar-refractivity contribution in [3.8, 4) is 0 Å². The molecule has 2 fully saturated rings. The Hall–Kier alpha value is -1.39. The first-order chi connectivity index (χ1) is 10.8. The van der Waals surface area contributed by atoms with Crippen molar-refractivity contribution in [1.82, 2.24) is 4.90 Å². The van der Waals surface area contributed by atoms with E-state index in [1.54, 1.807) is 7.11 Å². The molecule has 0 radical (unpaired) electrons. The van der Waals surface area contributed by atoms with Gasteiger partial charge in [0, 0.05) is 32.8 Å². The van der Waals surface area contributed by atoms with Crippen LogP contribution in [0.2, 0.25) is 0 Å². The smallest absolute Gasteiger partial charge is 0.226 e. The lowest BCUT2D eigenvalue weighted by Gasteiger charge is -2.32. The zero-order chi connectivity index (χ0) is 15.4. The summed E-state index contributed by atoms with van der Waals surface area (Å²) in [5.74, 6) is 0.423. The number of amides is 1. The van der Waals surface area contributed by atoms with Crippen molar-refractivity contribution in [3.63, 3.8) is 0 Å². The Kier molecular flexibility index (Phi) is 5.11. The van der Waals surface area contributed by atoms with Gasteiger partial charge in [0.25, 0.3) is 0 Å². The molecule has 2 atom stereocenters. The number of methoxy groups -OCH3 is 1. The Morgan fingerprint density at radius 1 is 1.23 bits per heavy atom. The SMILES string of the molecule is CO[C@@H]1CCN(C(=O)C2CCOCC2)[C@@H]1Cc1ccccc1. The molecular weight excluding hydrogens is 278 g/mol. The Morgan fingerprint density at radius 2 is 1.95 bits per heavy atom. The number of nitrogens with zero attached hydrogens (tertiary/aromatic N) is 1. The van der Waals surface area contributed by atoms with Gasteiger partial charge in [0.1, 0.15) is 0 Å². The molecule has 1 aromatic carbocycles. The van der Waals surface area contributed by atoms with E-state index in [4.69, 9.17) is 9.47 Å². The summed E-state index contributed by atoms with van der Waals surface area (Å²) in [6.45, 7) is 2.23.